The standard InChI is InChI=1S/C19H21N5O3/c1-2-27-15-8-4-3-7-14(15)13-20-17(25)10-11-18(26)21-19-23-22-16-9-5-6-12-24(16)19/h3-9,12H,2,10-11,13H2,1H3,(H,20,25)(H,21,23,26). The predicted molar refractivity (Wildman–Crippen MR) is 100 cm³/mol. The van der Waals surface area contributed by atoms with Crippen molar-refractivity contribution in [3.8, 4) is 5.75 Å². The van der Waals surface area contributed by atoms with Crippen LogP contribution in [0.25, 0.3) is 5.65 Å². The number of pyridine rings is 1. The lowest BCUT2D eigenvalue weighted by atomic mass is 10.2. The molecule has 2 N–H and O–H groups in total. The van der Waals surface area contributed by atoms with Crippen molar-refractivity contribution < 1.29 is 14.3 Å². The normalized spacial score (nSPS) is 10.6. The summed E-state index contributed by atoms with van der Waals surface area (Å²) in [6, 6.07) is 13.0. The fraction of sp³-hybridized carbons (Fsp3) is 0.263. The van der Waals surface area contributed by atoms with E-state index in [4.69, 9.17) is 4.74 Å². The zero-order valence-corrected chi connectivity index (χ0v) is 15.0. The zero-order chi connectivity index (χ0) is 19.1. The smallest absolute Gasteiger partial charge is 0.235 e. The van der Waals surface area contributed by atoms with Crippen molar-refractivity contribution in [1.82, 2.24) is 19.9 Å². The molecular weight excluding hydrogens is 346 g/mol. The molecule has 2 amide bonds. The SMILES string of the molecule is CCOc1ccccc1CNC(=O)CCC(=O)Nc1nnc2ccccn12. The molecule has 0 spiro atoms. The van der Waals surface area contributed by atoms with Crippen molar-refractivity contribution in [1.29, 1.82) is 0 Å². The summed E-state index contributed by atoms with van der Waals surface area (Å²) in [5, 5.41) is 13.4. The van der Waals surface area contributed by atoms with Crippen LogP contribution in [0.2, 0.25) is 0 Å². The summed E-state index contributed by atoms with van der Waals surface area (Å²) in [7, 11) is 0. The predicted octanol–water partition coefficient (Wildman–Crippen LogP) is 2.16. The molecule has 140 valence electrons. The highest BCUT2D eigenvalue weighted by Crippen LogP contribution is 2.17. The number of fused-ring (bicyclic) bond motifs is 1. The highest BCUT2D eigenvalue weighted by Gasteiger charge is 2.11. The van der Waals surface area contributed by atoms with Crippen molar-refractivity contribution in [3.05, 3.63) is 54.2 Å². The molecule has 8 nitrogen and oxygen atoms in total. The van der Waals surface area contributed by atoms with E-state index in [-0.39, 0.29) is 24.7 Å². The Kier molecular flexibility index (Phi) is 5.98. The van der Waals surface area contributed by atoms with Crippen molar-refractivity contribution in [2.75, 3.05) is 11.9 Å². The summed E-state index contributed by atoms with van der Waals surface area (Å²) in [5.41, 5.74) is 1.53. The third-order valence-electron chi connectivity index (χ3n) is 3.89. The lowest BCUT2D eigenvalue weighted by molar-refractivity contribution is -0.124. The van der Waals surface area contributed by atoms with Gasteiger partial charge in [0.25, 0.3) is 0 Å². The molecule has 0 aliphatic rings. The third kappa shape index (κ3) is 4.81. The number of hydrogen-bond acceptors (Lipinski definition) is 5. The van der Waals surface area contributed by atoms with Gasteiger partial charge in [0.05, 0.1) is 6.61 Å². The van der Waals surface area contributed by atoms with Gasteiger partial charge in [-0.3, -0.25) is 19.3 Å². The first kappa shape index (κ1) is 18.4. The molecule has 0 bridgehead atoms. The van der Waals surface area contributed by atoms with Crippen LogP contribution in [-0.4, -0.2) is 33.0 Å². The lowest BCUT2D eigenvalue weighted by Gasteiger charge is -2.11. The van der Waals surface area contributed by atoms with E-state index >= 15 is 0 Å². The van der Waals surface area contributed by atoms with Crippen LogP contribution in [0.4, 0.5) is 5.95 Å². The van der Waals surface area contributed by atoms with Gasteiger partial charge in [-0.05, 0) is 25.1 Å². The molecule has 0 aliphatic carbocycles. The first-order valence-electron chi connectivity index (χ1n) is 8.74. The monoisotopic (exact) mass is 367 g/mol. The number of hydrogen-bond donors (Lipinski definition) is 2. The van der Waals surface area contributed by atoms with E-state index in [1.165, 1.54) is 0 Å². The van der Waals surface area contributed by atoms with Crippen molar-refractivity contribution in [3.63, 3.8) is 0 Å². The van der Waals surface area contributed by atoms with Crippen LogP contribution < -0.4 is 15.4 Å². The Labute approximate surface area is 156 Å². The molecule has 27 heavy (non-hydrogen) atoms. The van der Waals surface area contributed by atoms with Gasteiger partial charge in [0.2, 0.25) is 17.8 Å². The van der Waals surface area contributed by atoms with Gasteiger partial charge in [-0.1, -0.05) is 24.3 Å². The van der Waals surface area contributed by atoms with Crippen LogP contribution in [0.1, 0.15) is 25.3 Å². The number of ether oxygens (including phenoxy) is 1. The van der Waals surface area contributed by atoms with E-state index in [0.717, 1.165) is 11.3 Å². The van der Waals surface area contributed by atoms with E-state index in [9.17, 15) is 9.59 Å². The van der Waals surface area contributed by atoms with Gasteiger partial charge in [-0.15, -0.1) is 10.2 Å². The first-order chi connectivity index (χ1) is 13.2. The third-order valence-corrected chi connectivity index (χ3v) is 3.89. The second-order valence-corrected chi connectivity index (χ2v) is 5.82. The van der Waals surface area contributed by atoms with Crippen LogP contribution in [0.5, 0.6) is 5.75 Å². The van der Waals surface area contributed by atoms with Gasteiger partial charge >= 0.3 is 0 Å². The van der Waals surface area contributed by atoms with Crippen molar-refractivity contribution >= 4 is 23.4 Å². The van der Waals surface area contributed by atoms with E-state index in [1.54, 1.807) is 16.7 Å². The summed E-state index contributed by atoms with van der Waals surface area (Å²) < 4.78 is 7.20. The Hall–Kier alpha value is -3.42. The highest BCUT2D eigenvalue weighted by atomic mass is 16.5. The second kappa shape index (κ2) is 8.79. The number of amides is 2. The van der Waals surface area contributed by atoms with Crippen molar-refractivity contribution in [2.45, 2.75) is 26.3 Å². The Morgan fingerprint density at radius 1 is 1.04 bits per heavy atom. The van der Waals surface area contributed by atoms with Gasteiger partial charge in [-0.25, -0.2) is 0 Å². The molecule has 0 unspecified atom stereocenters. The fourth-order valence-corrected chi connectivity index (χ4v) is 2.57. The molecule has 0 radical (unpaired) electrons. The number of anilines is 1. The number of nitrogens with one attached hydrogen (secondary N) is 2. The van der Waals surface area contributed by atoms with E-state index in [2.05, 4.69) is 20.8 Å². The minimum absolute atomic E-state index is 0.0562. The number of carbonyl (C=O) groups is 2. The molecule has 8 heteroatoms. The summed E-state index contributed by atoms with van der Waals surface area (Å²) in [4.78, 5) is 24.1. The molecular formula is C19H21N5O3. The molecule has 0 aliphatic heterocycles. The number of benzene rings is 1. The molecule has 0 saturated carbocycles. The molecule has 0 fully saturated rings. The average Bonchev–Trinajstić information content (AvgIpc) is 3.09. The second-order valence-electron chi connectivity index (χ2n) is 5.82. The quantitative estimate of drug-likeness (QED) is 0.636. The van der Waals surface area contributed by atoms with Gasteiger partial charge in [0.15, 0.2) is 5.65 Å². The molecule has 0 atom stereocenters. The lowest BCUT2D eigenvalue weighted by Crippen LogP contribution is -2.25. The summed E-state index contributed by atoms with van der Waals surface area (Å²) in [6.07, 6.45) is 1.90. The zero-order valence-electron chi connectivity index (χ0n) is 15.0. The topological polar surface area (TPSA) is 97.6 Å². The maximum absolute atomic E-state index is 12.1. The molecule has 1 aromatic carbocycles. The first-order valence-corrected chi connectivity index (χ1v) is 8.74. The molecule has 3 aromatic rings. The highest BCUT2D eigenvalue weighted by molar-refractivity contribution is 5.92. The maximum atomic E-state index is 12.1. The summed E-state index contributed by atoms with van der Waals surface area (Å²) in [5.74, 6) is 0.582. The van der Waals surface area contributed by atoms with E-state index in [1.807, 2.05) is 43.3 Å². The van der Waals surface area contributed by atoms with Crippen LogP contribution in [-0.2, 0) is 16.1 Å². The minimum atomic E-state index is -0.294. The number of nitrogens with zero attached hydrogens (tertiary/aromatic N) is 3. The Morgan fingerprint density at radius 2 is 1.81 bits per heavy atom. The average molecular weight is 367 g/mol. The number of para-hydroxylation sites is 1. The van der Waals surface area contributed by atoms with Gasteiger partial charge in [-0.2, -0.15) is 0 Å². The van der Waals surface area contributed by atoms with Crippen LogP contribution in [0.15, 0.2) is 48.7 Å². The molecule has 2 heterocycles. The number of rotatable bonds is 8. The summed E-state index contributed by atoms with van der Waals surface area (Å²) in [6.45, 7) is 2.82. The van der Waals surface area contributed by atoms with Crippen molar-refractivity contribution in [2.24, 2.45) is 0 Å². The molecule has 3 rings (SSSR count). The Balaban J connectivity index is 1.47. The number of carbonyl (C=O) groups excluding carboxylic acids is 2. The largest absolute Gasteiger partial charge is 0.494 e. The van der Waals surface area contributed by atoms with E-state index < -0.39 is 0 Å². The van der Waals surface area contributed by atoms with Gasteiger partial charge in [0, 0.05) is 31.1 Å². The van der Waals surface area contributed by atoms with E-state index in [0.29, 0.717) is 24.7 Å². The van der Waals surface area contributed by atoms with Crippen LogP contribution in [0, 0.1) is 0 Å². The summed E-state index contributed by atoms with van der Waals surface area (Å²) >= 11 is 0. The maximum Gasteiger partial charge on any atom is 0.235 e. The number of aromatic nitrogens is 3. The Bertz CT molecular complexity index is 938. The Morgan fingerprint density at radius 3 is 2.67 bits per heavy atom. The molecule has 2 aromatic heterocycles. The van der Waals surface area contributed by atoms with Gasteiger partial charge < -0.3 is 10.1 Å². The fourth-order valence-electron chi connectivity index (χ4n) is 2.57. The molecule has 0 saturated heterocycles. The minimum Gasteiger partial charge on any atom is -0.494 e. The van der Waals surface area contributed by atoms with Crippen LogP contribution in [0.3, 0.4) is 0 Å². The van der Waals surface area contributed by atoms with Crippen LogP contribution >= 0.6 is 0 Å². The van der Waals surface area contributed by atoms with Gasteiger partial charge in [0.1, 0.15) is 5.75 Å².